The number of carbonyl (C=O) groups is 1. The lowest BCUT2D eigenvalue weighted by Gasteiger charge is -1.98. The van der Waals surface area contributed by atoms with E-state index in [2.05, 4.69) is 0 Å². The quantitative estimate of drug-likeness (QED) is 0.651. The molecule has 1 aliphatic rings. The Kier molecular flexibility index (Phi) is 1.88. The summed E-state index contributed by atoms with van der Waals surface area (Å²) in [5, 5.41) is 0. The van der Waals surface area contributed by atoms with Gasteiger partial charge >= 0.3 is 0 Å². The second-order valence-corrected chi connectivity index (χ2v) is 2.62. The minimum atomic E-state index is -0.986. The summed E-state index contributed by atoms with van der Waals surface area (Å²) < 4.78 is 22.1. The highest BCUT2D eigenvalue weighted by molar-refractivity contribution is 5.97. The van der Waals surface area contributed by atoms with Crippen LogP contribution in [0.25, 0.3) is 0 Å². The van der Waals surface area contributed by atoms with E-state index in [4.69, 9.17) is 9.47 Å². The Balaban J connectivity index is 2.36. The maximum atomic E-state index is 12.0. The lowest BCUT2D eigenvalue weighted by Crippen LogP contribution is -2.00. The summed E-state index contributed by atoms with van der Waals surface area (Å²) in [5.41, 5.74) is 0.312. The van der Waals surface area contributed by atoms with Gasteiger partial charge < -0.3 is 9.47 Å². The van der Waals surface area contributed by atoms with E-state index in [-0.39, 0.29) is 6.79 Å². The second-order valence-electron chi connectivity index (χ2n) is 2.62. The molecule has 0 N–H and O–H groups in total. The Morgan fingerprint density at radius 1 is 1.38 bits per heavy atom. The molecule has 0 atom stereocenters. The van der Waals surface area contributed by atoms with Gasteiger partial charge in [-0.1, -0.05) is 0 Å². The molecular weight excluding hydrogens is 175 g/mol. The number of ether oxygens (including phenoxy) is 2. The molecule has 68 valence electrons. The van der Waals surface area contributed by atoms with Crippen LogP contribution in [0, 0.1) is 0 Å². The van der Waals surface area contributed by atoms with Gasteiger partial charge in [0.2, 0.25) is 6.79 Å². The topological polar surface area (TPSA) is 35.5 Å². The fourth-order valence-corrected chi connectivity index (χ4v) is 1.15. The second kappa shape index (κ2) is 3.05. The van der Waals surface area contributed by atoms with Gasteiger partial charge in [0.1, 0.15) is 0 Å². The number of halogens is 1. The lowest BCUT2D eigenvalue weighted by molar-refractivity contribution is 0.0958. The van der Waals surface area contributed by atoms with Crippen molar-refractivity contribution < 1.29 is 18.7 Å². The Morgan fingerprint density at radius 2 is 2.15 bits per heavy atom. The van der Waals surface area contributed by atoms with Crippen LogP contribution >= 0.6 is 0 Å². The maximum Gasteiger partial charge on any atom is 0.231 e. The molecule has 0 amide bonds. The van der Waals surface area contributed by atoms with Crippen molar-refractivity contribution in [3.05, 3.63) is 23.8 Å². The third-order valence-corrected chi connectivity index (χ3v) is 1.82. The molecule has 1 aliphatic heterocycles. The summed E-state index contributed by atoms with van der Waals surface area (Å²) in [6, 6.07) is 4.62. The van der Waals surface area contributed by atoms with E-state index in [0.717, 1.165) is 0 Å². The first kappa shape index (κ1) is 8.04. The fourth-order valence-electron chi connectivity index (χ4n) is 1.15. The largest absolute Gasteiger partial charge is 0.454 e. The van der Waals surface area contributed by atoms with E-state index < -0.39 is 12.5 Å². The number of Topliss-reactive ketones (excluding diaryl/α,β-unsaturated/α-hetero) is 1. The van der Waals surface area contributed by atoms with Crippen molar-refractivity contribution in [2.45, 2.75) is 0 Å². The minimum Gasteiger partial charge on any atom is -0.454 e. The summed E-state index contributed by atoms with van der Waals surface area (Å²) in [4.78, 5) is 10.9. The van der Waals surface area contributed by atoms with E-state index >= 15 is 0 Å². The van der Waals surface area contributed by atoms with Crippen LogP contribution in [0.3, 0.4) is 0 Å². The van der Waals surface area contributed by atoms with Crippen LogP contribution < -0.4 is 9.47 Å². The Bertz CT molecular complexity index is 349. The Morgan fingerprint density at radius 3 is 2.92 bits per heavy atom. The molecule has 0 bridgehead atoms. The van der Waals surface area contributed by atoms with Crippen LogP contribution in [-0.4, -0.2) is 19.3 Å². The molecule has 0 fully saturated rings. The molecule has 4 heteroatoms. The standard InChI is InChI=1S/C9H7FO3/c10-4-7(11)6-1-2-8-9(3-6)13-5-12-8/h1-3H,4-5H2. The predicted octanol–water partition coefficient (Wildman–Crippen LogP) is 1.57. The number of alkyl halides is 1. The SMILES string of the molecule is O=C(CF)c1ccc2c(c1)OCO2. The Hall–Kier alpha value is -1.58. The van der Waals surface area contributed by atoms with Crippen LogP contribution in [0.15, 0.2) is 18.2 Å². The monoisotopic (exact) mass is 182 g/mol. The first-order valence-corrected chi connectivity index (χ1v) is 3.80. The average Bonchev–Trinajstić information content (AvgIpc) is 2.63. The molecule has 1 heterocycles. The molecule has 2 rings (SSSR count). The number of carbonyl (C=O) groups excluding carboxylic acids is 1. The van der Waals surface area contributed by atoms with E-state index in [1.165, 1.54) is 12.1 Å². The van der Waals surface area contributed by atoms with Gasteiger partial charge in [0.05, 0.1) is 0 Å². The molecule has 0 unspecified atom stereocenters. The van der Waals surface area contributed by atoms with Gasteiger partial charge in [-0.25, -0.2) is 4.39 Å². The number of benzene rings is 1. The zero-order chi connectivity index (χ0) is 9.26. The van der Waals surface area contributed by atoms with E-state index in [1.54, 1.807) is 6.07 Å². The molecule has 0 radical (unpaired) electrons. The lowest BCUT2D eigenvalue weighted by atomic mass is 10.1. The van der Waals surface area contributed by atoms with Crippen LogP contribution in [0.5, 0.6) is 11.5 Å². The molecule has 0 saturated carbocycles. The first-order valence-electron chi connectivity index (χ1n) is 3.80. The minimum absolute atomic E-state index is 0.155. The van der Waals surface area contributed by atoms with E-state index in [0.29, 0.717) is 17.1 Å². The maximum absolute atomic E-state index is 12.0. The highest BCUT2D eigenvalue weighted by Gasteiger charge is 2.15. The van der Waals surface area contributed by atoms with Gasteiger partial charge in [-0.05, 0) is 18.2 Å². The third-order valence-electron chi connectivity index (χ3n) is 1.82. The number of rotatable bonds is 2. The third kappa shape index (κ3) is 1.35. The smallest absolute Gasteiger partial charge is 0.231 e. The number of fused-ring (bicyclic) bond motifs is 1. The van der Waals surface area contributed by atoms with Crippen LogP contribution in [-0.2, 0) is 0 Å². The van der Waals surface area contributed by atoms with Crippen LogP contribution in [0.4, 0.5) is 4.39 Å². The normalized spacial score (nSPS) is 13.0. The van der Waals surface area contributed by atoms with Crippen molar-refractivity contribution in [2.24, 2.45) is 0 Å². The van der Waals surface area contributed by atoms with Gasteiger partial charge in [0, 0.05) is 5.56 Å². The fraction of sp³-hybridized carbons (Fsp3) is 0.222. The van der Waals surface area contributed by atoms with Crippen molar-refractivity contribution in [1.29, 1.82) is 0 Å². The molecular formula is C9H7FO3. The number of ketones is 1. The van der Waals surface area contributed by atoms with Crippen molar-refractivity contribution in [1.82, 2.24) is 0 Å². The van der Waals surface area contributed by atoms with Gasteiger partial charge in [-0.2, -0.15) is 0 Å². The molecule has 13 heavy (non-hydrogen) atoms. The van der Waals surface area contributed by atoms with E-state index in [1.807, 2.05) is 0 Å². The van der Waals surface area contributed by atoms with Gasteiger partial charge in [0.25, 0.3) is 0 Å². The zero-order valence-electron chi connectivity index (χ0n) is 6.75. The summed E-state index contributed by atoms with van der Waals surface area (Å²) in [7, 11) is 0. The summed E-state index contributed by atoms with van der Waals surface area (Å²) >= 11 is 0. The Labute approximate surface area is 74.1 Å². The summed E-state index contributed by atoms with van der Waals surface area (Å²) in [6.45, 7) is -0.831. The van der Waals surface area contributed by atoms with Crippen molar-refractivity contribution in [3.63, 3.8) is 0 Å². The molecule has 0 aliphatic carbocycles. The molecule has 3 nitrogen and oxygen atoms in total. The van der Waals surface area contributed by atoms with Gasteiger partial charge in [0.15, 0.2) is 24.0 Å². The molecule has 1 aromatic rings. The molecule has 1 aromatic carbocycles. The average molecular weight is 182 g/mol. The highest BCUT2D eigenvalue weighted by atomic mass is 19.1. The van der Waals surface area contributed by atoms with Crippen LogP contribution in [0.2, 0.25) is 0 Å². The van der Waals surface area contributed by atoms with Crippen molar-refractivity contribution in [3.8, 4) is 11.5 Å². The summed E-state index contributed by atoms with van der Waals surface area (Å²) in [6.07, 6.45) is 0. The predicted molar refractivity (Wildman–Crippen MR) is 42.9 cm³/mol. The van der Waals surface area contributed by atoms with Crippen molar-refractivity contribution in [2.75, 3.05) is 13.5 Å². The number of hydrogen-bond donors (Lipinski definition) is 0. The summed E-state index contributed by atoms with van der Waals surface area (Å²) in [5.74, 6) is 0.549. The zero-order valence-corrected chi connectivity index (χ0v) is 6.75. The van der Waals surface area contributed by atoms with Crippen LogP contribution in [0.1, 0.15) is 10.4 Å². The molecule has 0 spiro atoms. The number of hydrogen-bond acceptors (Lipinski definition) is 3. The molecule has 0 aromatic heterocycles. The van der Waals surface area contributed by atoms with Gasteiger partial charge in [-0.15, -0.1) is 0 Å². The first-order chi connectivity index (χ1) is 6.31. The molecule has 0 saturated heterocycles. The van der Waals surface area contributed by atoms with Gasteiger partial charge in [-0.3, -0.25) is 4.79 Å². The van der Waals surface area contributed by atoms with E-state index in [9.17, 15) is 9.18 Å². The van der Waals surface area contributed by atoms with Crippen molar-refractivity contribution >= 4 is 5.78 Å². The highest BCUT2D eigenvalue weighted by Crippen LogP contribution is 2.32.